The van der Waals surface area contributed by atoms with Gasteiger partial charge in [0.15, 0.2) is 0 Å². The number of rotatable bonds is 10. The van der Waals surface area contributed by atoms with Gasteiger partial charge in [0, 0.05) is 13.6 Å². The summed E-state index contributed by atoms with van der Waals surface area (Å²) in [5.41, 5.74) is 1.88. The Morgan fingerprint density at radius 1 is 1.13 bits per heavy atom. The lowest BCUT2D eigenvalue weighted by atomic mass is 10.0. The van der Waals surface area contributed by atoms with Gasteiger partial charge in [0.05, 0.1) is 4.90 Å². The lowest BCUT2D eigenvalue weighted by Gasteiger charge is -2.27. The lowest BCUT2D eigenvalue weighted by molar-refractivity contribution is -0.133. The maximum absolute atomic E-state index is 13.0. The van der Waals surface area contributed by atoms with Crippen LogP contribution in [0.1, 0.15) is 25.0 Å². The van der Waals surface area contributed by atoms with E-state index in [9.17, 15) is 13.2 Å². The Labute approximate surface area is 179 Å². The van der Waals surface area contributed by atoms with E-state index in [1.165, 1.54) is 4.90 Å². The summed E-state index contributed by atoms with van der Waals surface area (Å²) in [6.07, 6.45) is 1.67. The number of carbonyl (C=O) groups excluding carboxylic acids is 1. The SMILES string of the molecule is C=CCOc1ccc(CN(C)C(=O)[C@@H](NS(=O)(=O)c2ccc(C)cc2)C(C)C)cc1. The summed E-state index contributed by atoms with van der Waals surface area (Å²) in [6.45, 7) is 9.92. The van der Waals surface area contributed by atoms with E-state index in [2.05, 4.69) is 11.3 Å². The van der Waals surface area contributed by atoms with Gasteiger partial charge in [-0.2, -0.15) is 4.72 Å². The third-order valence-corrected chi connectivity index (χ3v) is 6.09. The molecule has 0 aliphatic rings. The molecule has 0 fully saturated rings. The summed E-state index contributed by atoms with van der Waals surface area (Å²) in [5, 5.41) is 0. The smallest absolute Gasteiger partial charge is 0.241 e. The van der Waals surface area contributed by atoms with Gasteiger partial charge in [-0.1, -0.05) is 56.3 Å². The quantitative estimate of drug-likeness (QED) is 0.585. The molecule has 1 amide bonds. The number of ether oxygens (including phenoxy) is 1. The molecular formula is C23H30N2O4S. The van der Waals surface area contributed by atoms with Crippen molar-refractivity contribution in [1.82, 2.24) is 9.62 Å². The van der Waals surface area contributed by atoms with Gasteiger partial charge in [0.1, 0.15) is 18.4 Å². The number of aryl methyl sites for hydroxylation is 1. The van der Waals surface area contributed by atoms with Crippen molar-refractivity contribution >= 4 is 15.9 Å². The number of amides is 1. The van der Waals surface area contributed by atoms with Crippen LogP contribution < -0.4 is 9.46 Å². The average molecular weight is 431 g/mol. The van der Waals surface area contributed by atoms with Crippen molar-refractivity contribution < 1.29 is 17.9 Å². The second-order valence-electron chi connectivity index (χ2n) is 7.59. The molecule has 2 aromatic carbocycles. The van der Waals surface area contributed by atoms with E-state index in [1.807, 2.05) is 45.0 Å². The Bertz CT molecular complexity index is 952. The number of hydrogen-bond donors (Lipinski definition) is 1. The first-order valence-electron chi connectivity index (χ1n) is 9.80. The van der Waals surface area contributed by atoms with Crippen LogP contribution in [0.15, 0.2) is 66.1 Å². The van der Waals surface area contributed by atoms with Crippen molar-refractivity contribution in [3.8, 4) is 5.75 Å². The van der Waals surface area contributed by atoms with Gasteiger partial charge in [-0.15, -0.1) is 0 Å². The molecule has 0 aromatic heterocycles. The van der Waals surface area contributed by atoms with Crippen LogP contribution in [-0.4, -0.2) is 38.9 Å². The highest BCUT2D eigenvalue weighted by Gasteiger charge is 2.30. The summed E-state index contributed by atoms with van der Waals surface area (Å²) in [7, 11) is -2.14. The van der Waals surface area contributed by atoms with Gasteiger partial charge in [-0.25, -0.2) is 8.42 Å². The lowest BCUT2D eigenvalue weighted by Crippen LogP contribution is -2.49. The van der Waals surface area contributed by atoms with E-state index in [1.54, 1.807) is 37.4 Å². The van der Waals surface area contributed by atoms with Crippen molar-refractivity contribution in [3.05, 3.63) is 72.3 Å². The molecule has 0 bridgehead atoms. The van der Waals surface area contributed by atoms with Gasteiger partial charge in [-0.3, -0.25) is 4.79 Å². The van der Waals surface area contributed by atoms with Crippen molar-refractivity contribution in [3.63, 3.8) is 0 Å². The average Bonchev–Trinajstić information content (AvgIpc) is 2.71. The molecule has 1 atom stereocenters. The minimum absolute atomic E-state index is 0.143. The number of hydrogen-bond acceptors (Lipinski definition) is 4. The van der Waals surface area contributed by atoms with Crippen LogP contribution >= 0.6 is 0 Å². The van der Waals surface area contributed by atoms with Crippen LogP contribution in [0.25, 0.3) is 0 Å². The first-order valence-corrected chi connectivity index (χ1v) is 11.3. The zero-order valence-electron chi connectivity index (χ0n) is 18.0. The van der Waals surface area contributed by atoms with E-state index in [4.69, 9.17) is 4.74 Å². The van der Waals surface area contributed by atoms with E-state index in [0.29, 0.717) is 13.2 Å². The summed E-state index contributed by atoms with van der Waals surface area (Å²) in [4.78, 5) is 14.7. The number of benzene rings is 2. The Morgan fingerprint density at radius 2 is 1.73 bits per heavy atom. The highest BCUT2D eigenvalue weighted by molar-refractivity contribution is 7.89. The fourth-order valence-corrected chi connectivity index (χ4v) is 4.20. The molecular weight excluding hydrogens is 400 g/mol. The van der Waals surface area contributed by atoms with Gasteiger partial charge in [0.25, 0.3) is 0 Å². The van der Waals surface area contributed by atoms with E-state index >= 15 is 0 Å². The molecule has 30 heavy (non-hydrogen) atoms. The highest BCUT2D eigenvalue weighted by atomic mass is 32.2. The van der Waals surface area contributed by atoms with Crippen LogP contribution in [0.2, 0.25) is 0 Å². The second kappa shape index (κ2) is 10.4. The Hall–Kier alpha value is -2.64. The number of carbonyl (C=O) groups is 1. The summed E-state index contributed by atoms with van der Waals surface area (Å²) >= 11 is 0. The molecule has 0 unspecified atom stereocenters. The number of sulfonamides is 1. The van der Waals surface area contributed by atoms with Gasteiger partial charge in [-0.05, 0) is 42.7 Å². The largest absolute Gasteiger partial charge is 0.490 e. The Kier molecular flexibility index (Phi) is 8.20. The maximum Gasteiger partial charge on any atom is 0.241 e. The van der Waals surface area contributed by atoms with Crippen molar-refractivity contribution in [2.75, 3.05) is 13.7 Å². The second-order valence-corrected chi connectivity index (χ2v) is 9.31. The fourth-order valence-electron chi connectivity index (χ4n) is 2.86. The molecule has 6 nitrogen and oxygen atoms in total. The topological polar surface area (TPSA) is 75.7 Å². The van der Waals surface area contributed by atoms with Gasteiger partial charge < -0.3 is 9.64 Å². The zero-order chi connectivity index (χ0) is 22.3. The third-order valence-electron chi connectivity index (χ3n) is 4.63. The van der Waals surface area contributed by atoms with Crippen LogP contribution in [0.3, 0.4) is 0 Å². The summed E-state index contributed by atoms with van der Waals surface area (Å²) in [5.74, 6) is 0.223. The van der Waals surface area contributed by atoms with Crippen LogP contribution in [-0.2, 0) is 21.4 Å². The molecule has 2 rings (SSSR count). The van der Waals surface area contributed by atoms with Crippen LogP contribution in [0, 0.1) is 12.8 Å². The van der Waals surface area contributed by atoms with Crippen molar-refractivity contribution in [2.24, 2.45) is 5.92 Å². The molecule has 162 valence electrons. The third kappa shape index (κ3) is 6.43. The highest BCUT2D eigenvalue weighted by Crippen LogP contribution is 2.17. The normalized spacial score (nSPS) is 12.4. The van der Waals surface area contributed by atoms with Gasteiger partial charge >= 0.3 is 0 Å². The number of nitrogens with zero attached hydrogens (tertiary/aromatic N) is 1. The Balaban J connectivity index is 2.10. The molecule has 0 saturated carbocycles. The van der Waals surface area contributed by atoms with E-state index in [-0.39, 0.29) is 16.7 Å². The molecule has 0 radical (unpaired) electrons. The Morgan fingerprint density at radius 3 is 2.27 bits per heavy atom. The van der Waals surface area contributed by atoms with Crippen LogP contribution in [0.5, 0.6) is 5.75 Å². The monoisotopic (exact) mass is 430 g/mol. The standard InChI is InChI=1S/C23H30N2O4S/c1-6-15-29-20-11-9-19(10-12-20)16-25(5)23(26)22(17(2)3)24-30(27,28)21-13-7-18(4)8-14-21/h6-14,17,22,24H,1,15-16H2,2-5H3/t22-/m0/s1. The first kappa shape index (κ1) is 23.6. The van der Waals surface area contributed by atoms with Crippen molar-refractivity contribution in [2.45, 2.75) is 38.3 Å². The molecule has 0 heterocycles. The molecule has 0 aliphatic heterocycles. The van der Waals surface area contributed by atoms with Crippen molar-refractivity contribution in [1.29, 1.82) is 0 Å². The van der Waals surface area contributed by atoms with E-state index in [0.717, 1.165) is 16.9 Å². The number of nitrogens with one attached hydrogen (secondary N) is 1. The van der Waals surface area contributed by atoms with Gasteiger partial charge in [0.2, 0.25) is 15.9 Å². The first-order chi connectivity index (χ1) is 14.1. The summed E-state index contributed by atoms with van der Waals surface area (Å²) < 4.78 is 33.6. The van der Waals surface area contributed by atoms with Crippen LogP contribution in [0.4, 0.5) is 0 Å². The molecule has 0 spiro atoms. The maximum atomic E-state index is 13.0. The molecule has 0 aliphatic carbocycles. The molecule has 2 aromatic rings. The fraction of sp³-hybridized carbons (Fsp3) is 0.348. The minimum Gasteiger partial charge on any atom is -0.490 e. The molecule has 0 saturated heterocycles. The summed E-state index contributed by atoms with van der Waals surface area (Å²) in [6, 6.07) is 13.1. The zero-order valence-corrected chi connectivity index (χ0v) is 18.8. The van der Waals surface area contributed by atoms with E-state index < -0.39 is 16.1 Å². The predicted octanol–water partition coefficient (Wildman–Crippen LogP) is 3.52. The minimum atomic E-state index is -3.81. The number of likely N-dealkylation sites (N-methyl/N-ethyl adjacent to an activating group) is 1. The predicted molar refractivity (Wildman–Crippen MR) is 119 cm³/mol. The molecule has 1 N–H and O–H groups in total. The molecule has 7 heteroatoms.